The average molecular weight is 384 g/mol. The van der Waals surface area contributed by atoms with Crippen LogP contribution in [0.5, 0.6) is 11.5 Å². The molecule has 2 N–H and O–H groups in total. The maximum Gasteiger partial charge on any atom is 0.118 e. The number of benzene rings is 2. The van der Waals surface area contributed by atoms with Gasteiger partial charge in [-0.1, -0.05) is 51.0 Å². The SMILES string of the molecule is CCCC[C@]1(O)C[C@H](c2ccc(OC)cc2)N[C@H](c2ccc(OC)cc2)[C@@H]1C. The lowest BCUT2D eigenvalue weighted by Gasteiger charge is -2.48. The van der Waals surface area contributed by atoms with Crippen LogP contribution in [0.2, 0.25) is 0 Å². The normalized spacial score (nSPS) is 27.4. The molecule has 4 atom stereocenters. The Hall–Kier alpha value is -2.04. The Labute approximate surface area is 168 Å². The fourth-order valence-corrected chi connectivity index (χ4v) is 4.33. The van der Waals surface area contributed by atoms with Gasteiger partial charge in [-0.05, 0) is 48.2 Å². The Morgan fingerprint density at radius 1 is 0.964 bits per heavy atom. The summed E-state index contributed by atoms with van der Waals surface area (Å²) in [6.45, 7) is 4.35. The molecule has 0 bridgehead atoms. The van der Waals surface area contributed by atoms with Crippen molar-refractivity contribution in [3.05, 3.63) is 59.7 Å². The van der Waals surface area contributed by atoms with E-state index in [4.69, 9.17) is 9.47 Å². The van der Waals surface area contributed by atoms with E-state index in [9.17, 15) is 5.11 Å². The molecule has 4 nitrogen and oxygen atoms in total. The first-order valence-corrected chi connectivity index (χ1v) is 10.3. The summed E-state index contributed by atoms with van der Waals surface area (Å²) in [5, 5.41) is 15.4. The van der Waals surface area contributed by atoms with Gasteiger partial charge in [0.1, 0.15) is 11.5 Å². The van der Waals surface area contributed by atoms with Crippen molar-refractivity contribution in [3.63, 3.8) is 0 Å². The molecule has 1 saturated heterocycles. The van der Waals surface area contributed by atoms with Gasteiger partial charge in [-0.2, -0.15) is 0 Å². The second kappa shape index (κ2) is 8.97. The van der Waals surface area contributed by atoms with Gasteiger partial charge in [0.15, 0.2) is 0 Å². The molecule has 0 saturated carbocycles. The van der Waals surface area contributed by atoms with E-state index in [1.807, 2.05) is 24.3 Å². The Morgan fingerprint density at radius 3 is 2.00 bits per heavy atom. The zero-order chi connectivity index (χ0) is 20.1. The van der Waals surface area contributed by atoms with Crippen molar-refractivity contribution in [2.24, 2.45) is 5.92 Å². The molecule has 0 aliphatic carbocycles. The molecule has 0 radical (unpaired) electrons. The van der Waals surface area contributed by atoms with E-state index in [0.29, 0.717) is 6.42 Å². The number of hydrogen-bond acceptors (Lipinski definition) is 4. The van der Waals surface area contributed by atoms with Crippen molar-refractivity contribution >= 4 is 0 Å². The monoisotopic (exact) mass is 383 g/mol. The smallest absolute Gasteiger partial charge is 0.118 e. The predicted molar refractivity (Wildman–Crippen MR) is 113 cm³/mol. The summed E-state index contributed by atoms with van der Waals surface area (Å²) >= 11 is 0. The van der Waals surface area contributed by atoms with Crippen LogP contribution in [0.4, 0.5) is 0 Å². The van der Waals surface area contributed by atoms with E-state index < -0.39 is 5.60 Å². The first-order chi connectivity index (χ1) is 13.5. The molecular weight excluding hydrogens is 350 g/mol. The molecule has 3 rings (SSSR count). The zero-order valence-electron chi connectivity index (χ0n) is 17.4. The maximum atomic E-state index is 11.6. The van der Waals surface area contributed by atoms with E-state index in [1.54, 1.807) is 14.2 Å². The van der Waals surface area contributed by atoms with Crippen LogP contribution >= 0.6 is 0 Å². The van der Waals surface area contributed by atoms with Crippen molar-refractivity contribution in [2.75, 3.05) is 14.2 Å². The van der Waals surface area contributed by atoms with Crippen LogP contribution in [0.15, 0.2) is 48.5 Å². The zero-order valence-corrected chi connectivity index (χ0v) is 17.4. The highest BCUT2D eigenvalue weighted by Crippen LogP contribution is 2.45. The first-order valence-electron chi connectivity index (χ1n) is 10.3. The van der Waals surface area contributed by atoms with Gasteiger partial charge in [0.2, 0.25) is 0 Å². The van der Waals surface area contributed by atoms with E-state index in [1.165, 1.54) is 11.1 Å². The van der Waals surface area contributed by atoms with Gasteiger partial charge in [-0.15, -0.1) is 0 Å². The van der Waals surface area contributed by atoms with Crippen LogP contribution in [-0.2, 0) is 0 Å². The second-order valence-electron chi connectivity index (χ2n) is 7.94. The molecule has 1 aliphatic rings. The summed E-state index contributed by atoms with van der Waals surface area (Å²) in [6.07, 6.45) is 3.66. The lowest BCUT2D eigenvalue weighted by molar-refractivity contribution is -0.0752. The summed E-state index contributed by atoms with van der Waals surface area (Å²) in [4.78, 5) is 0. The number of rotatable bonds is 7. The molecule has 0 spiro atoms. The molecule has 152 valence electrons. The number of nitrogens with one attached hydrogen (secondary N) is 1. The molecule has 4 heteroatoms. The van der Waals surface area contributed by atoms with E-state index in [2.05, 4.69) is 43.4 Å². The number of unbranched alkanes of at least 4 members (excludes halogenated alkanes) is 1. The van der Waals surface area contributed by atoms with Gasteiger partial charge in [-0.25, -0.2) is 0 Å². The van der Waals surface area contributed by atoms with Crippen LogP contribution in [-0.4, -0.2) is 24.9 Å². The highest BCUT2D eigenvalue weighted by Gasteiger charge is 2.45. The van der Waals surface area contributed by atoms with Crippen molar-refractivity contribution < 1.29 is 14.6 Å². The van der Waals surface area contributed by atoms with Gasteiger partial charge in [0.25, 0.3) is 0 Å². The maximum absolute atomic E-state index is 11.6. The molecule has 1 aliphatic heterocycles. The number of aliphatic hydroxyl groups is 1. The van der Waals surface area contributed by atoms with Crippen LogP contribution in [0.1, 0.15) is 62.7 Å². The first kappa shape index (κ1) is 20.7. The molecule has 0 amide bonds. The third kappa shape index (κ3) is 4.34. The summed E-state index contributed by atoms with van der Waals surface area (Å²) < 4.78 is 10.6. The minimum absolute atomic E-state index is 0.0774. The Kier molecular flexibility index (Phi) is 6.63. The fourth-order valence-electron chi connectivity index (χ4n) is 4.33. The molecular formula is C24H33NO3. The average Bonchev–Trinajstić information content (AvgIpc) is 2.74. The van der Waals surface area contributed by atoms with Crippen molar-refractivity contribution in [3.8, 4) is 11.5 Å². The number of ether oxygens (including phenoxy) is 2. The number of piperidine rings is 1. The van der Waals surface area contributed by atoms with Crippen LogP contribution < -0.4 is 14.8 Å². The predicted octanol–water partition coefficient (Wildman–Crippen LogP) is 5.04. The number of hydrogen-bond donors (Lipinski definition) is 2. The lowest BCUT2D eigenvalue weighted by atomic mass is 9.70. The van der Waals surface area contributed by atoms with Crippen LogP contribution in [0.25, 0.3) is 0 Å². The van der Waals surface area contributed by atoms with E-state index in [0.717, 1.165) is 30.8 Å². The minimum atomic E-state index is -0.698. The number of methoxy groups -OCH3 is 2. The molecule has 1 fully saturated rings. The molecule has 0 unspecified atom stereocenters. The molecule has 2 aromatic carbocycles. The Bertz CT molecular complexity index is 743. The van der Waals surface area contributed by atoms with Gasteiger partial charge < -0.3 is 19.9 Å². The Morgan fingerprint density at radius 2 is 1.50 bits per heavy atom. The third-order valence-corrected chi connectivity index (χ3v) is 6.24. The van der Waals surface area contributed by atoms with Gasteiger partial charge >= 0.3 is 0 Å². The summed E-state index contributed by atoms with van der Waals surface area (Å²) in [7, 11) is 3.36. The van der Waals surface area contributed by atoms with Crippen molar-refractivity contribution in [2.45, 2.75) is 57.2 Å². The second-order valence-corrected chi connectivity index (χ2v) is 7.94. The molecule has 0 aromatic heterocycles. The van der Waals surface area contributed by atoms with Crippen molar-refractivity contribution in [1.29, 1.82) is 0 Å². The Balaban J connectivity index is 1.92. The van der Waals surface area contributed by atoms with Crippen LogP contribution in [0, 0.1) is 5.92 Å². The van der Waals surface area contributed by atoms with E-state index >= 15 is 0 Å². The molecule has 28 heavy (non-hydrogen) atoms. The standard InChI is InChI=1S/C24H33NO3/c1-5-6-15-24(26)16-22(18-7-11-20(27-3)12-8-18)25-23(17(24)2)19-9-13-21(28-4)14-10-19/h7-14,17,22-23,25-26H,5-6,15-16H2,1-4H3/t17-,22+,23-,24-/m0/s1. The highest BCUT2D eigenvalue weighted by molar-refractivity contribution is 5.33. The quantitative estimate of drug-likeness (QED) is 0.703. The van der Waals surface area contributed by atoms with Gasteiger partial charge in [0.05, 0.1) is 19.8 Å². The molecule has 2 aromatic rings. The topological polar surface area (TPSA) is 50.7 Å². The van der Waals surface area contributed by atoms with Gasteiger partial charge in [0, 0.05) is 18.0 Å². The van der Waals surface area contributed by atoms with Crippen molar-refractivity contribution in [1.82, 2.24) is 5.32 Å². The fraction of sp³-hybridized carbons (Fsp3) is 0.500. The summed E-state index contributed by atoms with van der Waals surface area (Å²) in [6, 6.07) is 16.5. The van der Waals surface area contributed by atoms with E-state index in [-0.39, 0.29) is 18.0 Å². The summed E-state index contributed by atoms with van der Waals surface area (Å²) in [5.74, 6) is 1.81. The van der Waals surface area contributed by atoms with Crippen LogP contribution in [0.3, 0.4) is 0 Å². The third-order valence-electron chi connectivity index (χ3n) is 6.24. The molecule has 1 heterocycles. The largest absolute Gasteiger partial charge is 0.497 e. The van der Waals surface area contributed by atoms with Gasteiger partial charge in [-0.3, -0.25) is 0 Å². The lowest BCUT2D eigenvalue weighted by Crippen LogP contribution is -2.52. The minimum Gasteiger partial charge on any atom is -0.497 e. The highest BCUT2D eigenvalue weighted by atomic mass is 16.5. The summed E-state index contributed by atoms with van der Waals surface area (Å²) in [5.41, 5.74) is 1.67.